The maximum absolute atomic E-state index is 6.18. The monoisotopic (exact) mass is 387 g/mol. The molecule has 0 radical (unpaired) electrons. The summed E-state index contributed by atoms with van der Waals surface area (Å²) in [5, 5.41) is 0. The van der Waals surface area contributed by atoms with Crippen LogP contribution in [0.15, 0.2) is 30.3 Å². The molecule has 6 rings (SSSR count). The van der Waals surface area contributed by atoms with Crippen LogP contribution in [0, 0.1) is 23.2 Å². The van der Waals surface area contributed by atoms with Crippen molar-refractivity contribution >= 4 is 18.5 Å². The van der Waals surface area contributed by atoms with Crippen molar-refractivity contribution in [2.45, 2.75) is 51.4 Å². The predicted molar refractivity (Wildman–Crippen MR) is 114 cm³/mol. The summed E-state index contributed by atoms with van der Waals surface area (Å²) in [7, 11) is 0. The molecule has 5 aliphatic rings. The Hall–Kier alpha value is -0.990. The van der Waals surface area contributed by atoms with Gasteiger partial charge in [0.1, 0.15) is 12.4 Å². The summed E-state index contributed by atoms with van der Waals surface area (Å²) < 4.78 is 6.18. The minimum atomic E-state index is 0. The Morgan fingerprint density at radius 1 is 0.963 bits per heavy atom. The molecule has 4 saturated carbocycles. The summed E-state index contributed by atoms with van der Waals surface area (Å²) in [5.74, 6) is 4.10. The van der Waals surface area contributed by atoms with Crippen LogP contribution in [0.1, 0.15) is 56.9 Å². The first kappa shape index (κ1) is 19.3. The van der Waals surface area contributed by atoms with Crippen LogP contribution in [-0.2, 0) is 0 Å². The molecule has 0 aromatic heterocycles. The third-order valence-corrected chi connectivity index (χ3v) is 7.48. The van der Waals surface area contributed by atoms with Gasteiger partial charge in [-0.25, -0.2) is 0 Å². The van der Waals surface area contributed by atoms with Gasteiger partial charge in [-0.15, -0.1) is 12.4 Å². The Balaban J connectivity index is 0.00000180. The third-order valence-electron chi connectivity index (χ3n) is 7.48. The van der Waals surface area contributed by atoms with E-state index in [-0.39, 0.29) is 12.4 Å². The number of likely N-dealkylation sites (tertiary alicyclic amines) is 1. The maximum atomic E-state index is 6.18. The zero-order chi connectivity index (χ0) is 17.4. The molecule has 0 unspecified atom stereocenters. The van der Waals surface area contributed by atoms with Gasteiger partial charge < -0.3 is 4.74 Å². The van der Waals surface area contributed by atoms with Gasteiger partial charge in [0, 0.05) is 12.1 Å². The van der Waals surface area contributed by atoms with Crippen LogP contribution in [0.2, 0.25) is 0 Å². The average Bonchev–Trinajstić information content (AvgIpc) is 3.13. The van der Waals surface area contributed by atoms with Gasteiger partial charge >= 0.3 is 0 Å². The van der Waals surface area contributed by atoms with Crippen LogP contribution >= 0.6 is 12.4 Å². The molecule has 0 spiro atoms. The molecule has 4 bridgehead atoms. The van der Waals surface area contributed by atoms with Gasteiger partial charge in [0.05, 0.1) is 0 Å². The second-order valence-electron chi connectivity index (χ2n) is 9.55. The van der Waals surface area contributed by atoms with E-state index in [0.29, 0.717) is 5.41 Å². The Kier molecular flexibility index (Phi) is 5.85. The molecule has 1 heterocycles. The first-order chi connectivity index (χ1) is 12.8. The Morgan fingerprint density at radius 2 is 1.59 bits per heavy atom. The number of benzene rings is 1. The fourth-order valence-electron chi connectivity index (χ4n) is 6.69. The maximum Gasteiger partial charge on any atom is 0.126 e. The molecule has 0 N–H and O–H groups in total. The quantitative estimate of drug-likeness (QED) is 0.610. The number of ether oxygens (including phenoxy) is 1. The van der Waals surface area contributed by atoms with Crippen LogP contribution < -0.4 is 4.74 Å². The van der Waals surface area contributed by atoms with Crippen molar-refractivity contribution in [3.63, 3.8) is 0 Å². The summed E-state index contributed by atoms with van der Waals surface area (Å²) in [5.41, 5.74) is 1.77. The molecule has 5 fully saturated rings. The number of hydrogen-bond acceptors (Lipinski definition) is 2. The first-order valence-electron chi connectivity index (χ1n) is 10.9. The number of rotatable bonds is 6. The zero-order valence-corrected chi connectivity index (χ0v) is 17.3. The van der Waals surface area contributed by atoms with Gasteiger partial charge in [-0.3, -0.25) is 4.90 Å². The molecule has 1 saturated heterocycles. The summed E-state index contributed by atoms with van der Waals surface area (Å²) in [6.07, 6.45) is 16.5. The molecular weight excluding hydrogens is 354 g/mol. The molecule has 148 valence electrons. The largest absolute Gasteiger partial charge is 0.492 e. The van der Waals surface area contributed by atoms with Crippen molar-refractivity contribution in [2.24, 2.45) is 23.2 Å². The SMILES string of the molecule is C(=C/C12CC3CC(CC(C3)C1)C2)/c1ccccc1OCCN1CCCC1.Cl. The van der Waals surface area contributed by atoms with Gasteiger partial charge in [0.25, 0.3) is 0 Å². The Morgan fingerprint density at radius 3 is 2.26 bits per heavy atom. The average molecular weight is 388 g/mol. The third kappa shape index (κ3) is 4.22. The van der Waals surface area contributed by atoms with Crippen LogP contribution in [0.4, 0.5) is 0 Å². The number of hydrogen-bond donors (Lipinski definition) is 0. The number of allylic oxidation sites excluding steroid dienone is 1. The van der Waals surface area contributed by atoms with E-state index in [2.05, 4.69) is 41.3 Å². The van der Waals surface area contributed by atoms with E-state index in [4.69, 9.17) is 4.74 Å². The minimum Gasteiger partial charge on any atom is -0.492 e. The van der Waals surface area contributed by atoms with Gasteiger partial charge in [-0.05, 0) is 93.7 Å². The lowest BCUT2D eigenvalue weighted by Gasteiger charge is -2.55. The van der Waals surface area contributed by atoms with E-state index >= 15 is 0 Å². The lowest BCUT2D eigenvalue weighted by molar-refractivity contribution is -0.0232. The second kappa shape index (κ2) is 8.17. The molecule has 1 aromatic rings. The standard InChI is InChI=1S/C24H33NO.ClH/c1-2-6-23(26-12-11-25-9-3-4-10-25)22(5-1)7-8-24-16-19-13-20(17-24)15-21(14-19)18-24;/h1-2,5-8,19-21H,3-4,9-18H2;1H/b8-7-;. The lowest BCUT2D eigenvalue weighted by atomic mass is 9.49. The highest BCUT2D eigenvalue weighted by atomic mass is 35.5. The van der Waals surface area contributed by atoms with Crippen LogP contribution in [0.25, 0.3) is 6.08 Å². The molecule has 0 atom stereocenters. The Labute approximate surface area is 170 Å². The highest BCUT2D eigenvalue weighted by Crippen LogP contribution is 2.60. The van der Waals surface area contributed by atoms with Gasteiger partial charge in [-0.1, -0.05) is 30.4 Å². The van der Waals surface area contributed by atoms with E-state index in [1.54, 1.807) is 0 Å². The molecule has 1 aromatic carbocycles. The van der Waals surface area contributed by atoms with Crippen molar-refractivity contribution in [1.82, 2.24) is 4.90 Å². The van der Waals surface area contributed by atoms with E-state index in [0.717, 1.165) is 36.7 Å². The van der Waals surface area contributed by atoms with Crippen molar-refractivity contribution in [2.75, 3.05) is 26.2 Å². The lowest BCUT2D eigenvalue weighted by Crippen LogP contribution is -2.44. The van der Waals surface area contributed by atoms with Crippen LogP contribution in [0.5, 0.6) is 5.75 Å². The van der Waals surface area contributed by atoms with E-state index in [1.165, 1.54) is 70.0 Å². The molecule has 0 amide bonds. The van der Waals surface area contributed by atoms with Gasteiger partial charge in [0.2, 0.25) is 0 Å². The fourth-order valence-corrected chi connectivity index (χ4v) is 6.69. The topological polar surface area (TPSA) is 12.5 Å². The molecule has 1 aliphatic heterocycles. The summed E-state index contributed by atoms with van der Waals surface area (Å²) in [6, 6.07) is 8.62. The van der Waals surface area contributed by atoms with Crippen molar-refractivity contribution in [3.05, 3.63) is 35.9 Å². The molecule has 2 nitrogen and oxygen atoms in total. The van der Waals surface area contributed by atoms with Gasteiger partial charge in [0.15, 0.2) is 0 Å². The predicted octanol–water partition coefficient (Wildman–Crippen LogP) is 5.81. The fraction of sp³-hybridized carbons (Fsp3) is 0.667. The molecular formula is C24H34ClNO. The molecule has 3 heteroatoms. The van der Waals surface area contributed by atoms with Crippen molar-refractivity contribution in [1.29, 1.82) is 0 Å². The number of para-hydroxylation sites is 1. The Bertz CT molecular complexity index is 629. The molecule has 27 heavy (non-hydrogen) atoms. The van der Waals surface area contributed by atoms with Crippen LogP contribution in [0.3, 0.4) is 0 Å². The number of halogens is 1. The number of nitrogens with zero attached hydrogens (tertiary/aromatic N) is 1. The highest BCUT2D eigenvalue weighted by Gasteiger charge is 2.49. The van der Waals surface area contributed by atoms with E-state index in [9.17, 15) is 0 Å². The highest BCUT2D eigenvalue weighted by molar-refractivity contribution is 5.85. The van der Waals surface area contributed by atoms with Gasteiger partial charge in [-0.2, -0.15) is 0 Å². The van der Waals surface area contributed by atoms with Crippen molar-refractivity contribution < 1.29 is 4.74 Å². The smallest absolute Gasteiger partial charge is 0.126 e. The summed E-state index contributed by atoms with van der Waals surface area (Å²) in [6.45, 7) is 4.36. The molecule has 4 aliphatic carbocycles. The second-order valence-corrected chi connectivity index (χ2v) is 9.55. The normalized spacial score (nSPS) is 34.9. The van der Waals surface area contributed by atoms with E-state index in [1.807, 2.05) is 0 Å². The minimum absolute atomic E-state index is 0. The zero-order valence-electron chi connectivity index (χ0n) is 16.4. The summed E-state index contributed by atoms with van der Waals surface area (Å²) in [4.78, 5) is 2.52. The van der Waals surface area contributed by atoms with Crippen LogP contribution in [-0.4, -0.2) is 31.1 Å². The summed E-state index contributed by atoms with van der Waals surface area (Å²) >= 11 is 0. The van der Waals surface area contributed by atoms with E-state index < -0.39 is 0 Å². The van der Waals surface area contributed by atoms with Crippen molar-refractivity contribution in [3.8, 4) is 5.75 Å². The first-order valence-corrected chi connectivity index (χ1v) is 10.9.